The number of aliphatic hydroxyl groups excluding tert-OH is 1. The van der Waals surface area contributed by atoms with Crippen molar-refractivity contribution in [2.24, 2.45) is 22.7 Å². The van der Waals surface area contributed by atoms with Crippen LogP contribution in [0.15, 0.2) is 12.2 Å². The molecule has 3 N–H and O–H groups in total. The Balaban J connectivity index is 2.35. The lowest BCUT2D eigenvalue weighted by Crippen LogP contribution is -2.55. The van der Waals surface area contributed by atoms with Crippen molar-refractivity contribution in [2.75, 3.05) is 0 Å². The number of hydrogen-bond donors (Lipinski definition) is 3. The van der Waals surface area contributed by atoms with E-state index in [1.165, 1.54) is 0 Å². The number of hydrogen-bond acceptors (Lipinski definition) is 3. The van der Waals surface area contributed by atoms with E-state index in [0.717, 1.165) is 31.8 Å². The summed E-state index contributed by atoms with van der Waals surface area (Å²) in [6.45, 7) is 7.27. The molecule has 2 rings (SSSR count). The van der Waals surface area contributed by atoms with Gasteiger partial charge in [0.05, 0.1) is 11.7 Å². The molecule has 9 heteroatoms. The number of rotatable bonds is 8. The molecule has 2 aliphatic carbocycles. The summed E-state index contributed by atoms with van der Waals surface area (Å²) in [6, 6.07) is 0. The Kier molecular flexibility index (Phi) is 8.05. The van der Waals surface area contributed by atoms with Crippen LogP contribution >= 0.6 is 0 Å². The first-order valence-corrected chi connectivity index (χ1v) is 11.7. The first-order chi connectivity index (χ1) is 14.8. The van der Waals surface area contributed by atoms with Crippen molar-refractivity contribution in [1.29, 1.82) is 0 Å². The van der Waals surface area contributed by atoms with Crippen LogP contribution in [0.3, 0.4) is 0 Å². The molecule has 33 heavy (non-hydrogen) atoms. The van der Waals surface area contributed by atoms with Gasteiger partial charge in [-0.15, -0.1) is 0 Å². The second-order valence-corrected chi connectivity index (χ2v) is 11.4. The zero-order valence-corrected chi connectivity index (χ0v) is 19.9. The summed E-state index contributed by atoms with van der Waals surface area (Å²) in [5, 5.41) is 30.1. The molecule has 0 radical (unpaired) electrons. The maximum Gasteiger partial charge on any atom is 0.429 e. The van der Waals surface area contributed by atoms with Crippen molar-refractivity contribution in [2.45, 2.75) is 115 Å². The molecule has 0 bridgehead atoms. The summed E-state index contributed by atoms with van der Waals surface area (Å²) < 4.78 is 78.6. The lowest BCUT2D eigenvalue weighted by Gasteiger charge is -2.50. The molecule has 2 saturated carbocycles. The van der Waals surface area contributed by atoms with Crippen molar-refractivity contribution in [3.8, 4) is 0 Å². The average Bonchev–Trinajstić information content (AvgIpc) is 2.97. The summed E-state index contributed by atoms with van der Waals surface area (Å²) in [4.78, 5) is 0. The van der Waals surface area contributed by atoms with Gasteiger partial charge in [0.1, 0.15) is 0 Å². The first kappa shape index (κ1) is 28.4. The predicted molar refractivity (Wildman–Crippen MR) is 113 cm³/mol. The minimum absolute atomic E-state index is 0.0127. The van der Waals surface area contributed by atoms with E-state index in [1.54, 1.807) is 13.8 Å². The van der Waals surface area contributed by atoms with Crippen molar-refractivity contribution >= 4 is 0 Å². The molecule has 0 aromatic heterocycles. The highest BCUT2D eigenvalue weighted by Gasteiger charge is 2.69. The quantitative estimate of drug-likeness (QED) is 0.277. The predicted octanol–water partition coefficient (Wildman–Crippen LogP) is 6.31. The fourth-order valence-electron chi connectivity index (χ4n) is 6.49. The third-order valence-corrected chi connectivity index (χ3v) is 8.27. The van der Waals surface area contributed by atoms with Gasteiger partial charge in [0, 0.05) is 0 Å². The lowest BCUT2D eigenvalue weighted by molar-refractivity contribution is -0.347. The van der Waals surface area contributed by atoms with Gasteiger partial charge in [-0.05, 0) is 87.5 Å². The highest BCUT2D eigenvalue weighted by molar-refractivity contribution is 5.13. The number of allylic oxidation sites excluding steroid dienone is 1. The van der Waals surface area contributed by atoms with Gasteiger partial charge in [0.2, 0.25) is 0 Å². The molecule has 194 valence electrons. The van der Waals surface area contributed by atoms with Gasteiger partial charge >= 0.3 is 12.4 Å². The fourth-order valence-corrected chi connectivity index (χ4v) is 6.49. The van der Waals surface area contributed by atoms with E-state index in [-0.39, 0.29) is 29.7 Å². The Bertz CT molecular complexity index is 682. The molecule has 2 fully saturated rings. The maximum atomic E-state index is 13.1. The Labute approximate surface area is 192 Å². The molecule has 0 heterocycles. The van der Waals surface area contributed by atoms with E-state index >= 15 is 0 Å². The van der Waals surface area contributed by atoms with E-state index < -0.39 is 35.1 Å². The maximum absolute atomic E-state index is 13.1. The Morgan fingerprint density at radius 3 is 2.00 bits per heavy atom. The SMILES string of the molecule is CC(C)(O)CCCC(C)(C/C=C\C(O)(C(F)(F)F)C(F)(F)F)[C@H]1CC[C@H]2[C@@H](O)CCC[C@]12C. The van der Waals surface area contributed by atoms with Crippen molar-refractivity contribution in [3.05, 3.63) is 12.2 Å². The molecule has 0 aliphatic heterocycles. The van der Waals surface area contributed by atoms with Crippen LogP contribution in [0.25, 0.3) is 0 Å². The smallest absolute Gasteiger partial charge is 0.393 e. The van der Waals surface area contributed by atoms with E-state index in [4.69, 9.17) is 0 Å². The molecule has 3 nitrogen and oxygen atoms in total. The molecular weight excluding hydrogens is 450 g/mol. The van der Waals surface area contributed by atoms with Gasteiger partial charge < -0.3 is 15.3 Å². The van der Waals surface area contributed by atoms with Crippen LogP contribution in [0.4, 0.5) is 26.3 Å². The summed E-state index contributed by atoms with van der Waals surface area (Å²) in [6.07, 6.45) is -6.29. The minimum atomic E-state index is -5.89. The van der Waals surface area contributed by atoms with E-state index in [1.807, 2.05) is 6.92 Å². The van der Waals surface area contributed by atoms with Crippen molar-refractivity contribution < 1.29 is 41.7 Å². The summed E-state index contributed by atoms with van der Waals surface area (Å²) >= 11 is 0. The topological polar surface area (TPSA) is 60.7 Å². The first-order valence-electron chi connectivity index (χ1n) is 11.7. The number of alkyl halides is 6. The molecule has 0 amide bonds. The second kappa shape index (κ2) is 9.34. The van der Waals surface area contributed by atoms with Gasteiger partial charge in [0.25, 0.3) is 5.60 Å². The number of fused-ring (bicyclic) bond motifs is 1. The molecule has 1 unspecified atom stereocenters. The minimum Gasteiger partial charge on any atom is -0.393 e. The van der Waals surface area contributed by atoms with Gasteiger partial charge in [-0.1, -0.05) is 32.8 Å². The van der Waals surface area contributed by atoms with Gasteiger partial charge in [0.15, 0.2) is 0 Å². The van der Waals surface area contributed by atoms with E-state index in [9.17, 15) is 41.7 Å². The molecule has 2 aliphatic rings. The van der Waals surface area contributed by atoms with Crippen LogP contribution < -0.4 is 0 Å². The largest absolute Gasteiger partial charge is 0.429 e. The van der Waals surface area contributed by atoms with Crippen LogP contribution in [0.2, 0.25) is 0 Å². The third-order valence-electron chi connectivity index (χ3n) is 8.27. The van der Waals surface area contributed by atoms with Crippen LogP contribution in [-0.2, 0) is 0 Å². The average molecular weight is 489 g/mol. The van der Waals surface area contributed by atoms with Crippen molar-refractivity contribution in [1.82, 2.24) is 0 Å². The highest BCUT2D eigenvalue weighted by Crippen LogP contribution is 2.62. The van der Waals surface area contributed by atoms with Crippen molar-refractivity contribution in [3.63, 3.8) is 0 Å². The third kappa shape index (κ3) is 5.89. The Hall–Kier alpha value is -0.800. The highest BCUT2D eigenvalue weighted by atomic mass is 19.4. The summed E-state index contributed by atoms with van der Waals surface area (Å²) in [5.41, 5.74) is -6.76. The lowest BCUT2D eigenvalue weighted by atomic mass is 9.56. The van der Waals surface area contributed by atoms with E-state index in [0.29, 0.717) is 25.7 Å². The Morgan fingerprint density at radius 1 is 0.909 bits per heavy atom. The Morgan fingerprint density at radius 2 is 1.48 bits per heavy atom. The zero-order chi connectivity index (χ0) is 25.5. The fraction of sp³-hybridized carbons (Fsp3) is 0.917. The van der Waals surface area contributed by atoms with Crippen LogP contribution in [-0.4, -0.2) is 45.0 Å². The summed E-state index contributed by atoms with van der Waals surface area (Å²) in [7, 11) is 0. The molecule has 0 spiro atoms. The zero-order valence-electron chi connectivity index (χ0n) is 19.9. The van der Waals surface area contributed by atoms with Crippen LogP contribution in [0.5, 0.6) is 0 Å². The molecule has 0 aromatic carbocycles. The second-order valence-electron chi connectivity index (χ2n) is 11.4. The van der Waals surface area contributed by atoms with E-state index in [2.05, 4.69) is 6.92 Å². The molecule has 0 saturated heterocycles. The molecular formula is C24H38F6O3. The standard InChI is InChI=1S/C24H38F6O3/c1-19(2,32)11-6-12-20(3,13-7-15-22(33,23(25,26)27)24(28,29)30)18-10-9-16-17(31)8-5-14-21(16,18)4/h7,15-18,31-33H,5-6,8-14H2,1-4H3/b15-7-/t16-,17-,18+,20?,21-/m0/s1. The van der Waals surface area contributed by atoms with Crippen LogP contribution in [0, 0.1) is 22.7 Å². The van der Waals surface area contributed by atoms with Gasteiger partial charge in [-0.2, -0.15) is 26.3 Å². The van der Waals surface area contributed by atoms with Crippen LogP contribution in [0.1, 0.15) is 85.5 Å². The monoisotopic (exact) mass is 488 g/mol. The molecule has 0 aromatic rings. The van der Waals surface area contributed by atoms with Gasteiger partial charge in [-0.25, -0.2) is 0 Å². The normalized spacial score (nSPS) is 31.6. The summed E-state index contributed by atoms with van der Waals surface area (Å²) in [5.74, 6) is 0.0393. The number of aliphatic hydroxyl groups is 3. The van der Waals surface area contributed by atoms with Gasteiger partial charge in [-0.3, -0.25) is 0 Å². The molecule has 5 atom stereocenters. The number of halogens is 6.